The summed E-state index contributed by atoms with van der Waals surface area (Å²) in [6, 6.07) is 0. The zero-order valence-corrected chi connectivity index (χ0v) is 17.2. The lowest BCUT2D eigenvalue weighted by molar-refractivity contribution is -0.0681. The van der Waals surface area contributed by atoms with Crippen LogP contribution in [0.1, 0.15) is 48.4 Å². The van der Waals surface area contributed by atoms with E-state index in [-0.39, 0.29) is 30.7 Å². The number of rotatable bonds is 6. The molecule has 3 rings (SSSR count). The maximum absolute atomic E-state index is 12.3. The summed E-state index contributed by atoms with van der Waals surface area (Å²) in [7, 11) is 0. The van der Waals surface area contributed by atoms with Crippen LogP contribution in [0.15, 0.2) is 0 Å². The molecule has 1 saturated heterocycles. The number of aromatic nitrogens is 2. The largest absolute Gasteiger partial charge is 0.373 e. The summed E-state index contributed by atoms with van der Waals surface area (Å²) in [5.74, 6) is -0.0650. The highest BCUT2D eigenvalue weighted by atomic mass is 35.5. The summed E-state index contributed by atoms with van der Waals surface area (Å²) < 4.78 is 5.75. The summed E-state index contributed by atoms with van der Waals surface area (Å²) >= 11 is 0. The fourth-order valence-corrected chi connectivity index (χ4v) is 3.63. The van der Waals surface area contributed by atoms with Gasteiger partial charge >= 0.3 is 0 Å². The Morgan fingerprint density at radius 1 is 1.27 bits per heavy atom. The van der Waals surface area contributed by atoms with Gasteiger partial charge in [0.25, 0.3) is 5.91 Å². The number of fused-ring (bicyclic) bond motifs is 1. The third-order valence-corrected chi connectivity index (χ3v) is 4.70. The van der Waals surface area contributed by atoms with Crippen molar-refractivity contribution in [2.45, 2.75) is 51.9 Å². The first-order valence-electron chi connectivity index (χ1n) is 9.06. The van der Waals surface area contributed by atoms with Gasteiger partial charge in [-0.15, -0.1) is 24.8 Å². The Labute approximate surface area is 167 Å². The van der Waals surface area contributed by atoms with Crippen LogP contribution in [-0.2, 0) is 17.7 Å². The van der Waals surface area contributed by atoms with Gasteiger partial charge < -0.3 is 15.4 Å². The zero-order chi connectivity index (χ0) is 16.9. The Morgan fingerprint density at radius 3 is 2.73 bits per heavy atom. The van der Waals surface area contributed by atoms with Gasteiger partial charge in [-0.05, 0) is 33.2 Å². The molecule has 2 aliphatic rings. The Bertz CT molecular complexity index is 559. The van der Waals surface area contributed by atoms with Crippen molar-refractivity contribution in [3.63, 3.8) is 0 Å². The van der Waals surface area contributed by atoms with Gasteiger partial charge in [-0.1, -0.05) is 0 Å². The smallest absolute Gasteiger partial charge is 0.272 e. The van der Waals surface area contributed by atoms with Crippen molar-refractivity contribution < 1.29 is 9.53 Å². The molecular formula is C17H31Cl2N5O2. The molecular weight excluding hydrogens is 377 g/mol. The number of nitrogens with one attached hydrogen (secondary N) is 3. The van der Waals surface area contributed by atoms with E-state index < -0.39 is 0 Å². The Morgan fingerprint density at radius 2 is 2.00 bits per heavy atom. The molecule has 7 nitrogen and oxygen atoms in total. The van der Waals surface area contributed by atoms with E-state index in [0.29, 0.717) is 24.4 Å². The zero-order valence-electron chi connectivity index (χ0n) is 15.5. The predicted molar refractivity (Wildman–Crippen MR) is 107 cm³/mol. The van der Waals surface area contributed by atoms with Crippen LogP contribution >= 0.6 is 24.8 Å². The quantitative estimate of drug-likeness (QED) is 0.622. The number of hydrogen-bond acceptors (Lipinski definition) is 5. The van der Waals surface area contributed by atoms with Crippen LogP contribution in [0, 0.1) is 0 Å². The van der Waals surface area contributed by atoms with Crippen molar-refractivity contribution in [1.29, 1.82) is 0 Å². The molecule has 9 heteroatoms. The lowest BCUT2D eigenvalue weighted by Gasteiger charge is -2.35. The van der Waals surface area contributed by atoms with Crippen LogP contribution in [0.2, 0.25) is 0 Å². The van der Waals surface area contributed by atoms with Crippen LogP contribution in [-0.4, -0.2) is 65.9 Å². The molecule has 0 saturated carbocycles. The molecule has 3 N–H and O–H groups in total. The number of halogens is 2. The number of ether oxygens (including phenoxy) is 1. The maximum Gasteiger partial charge on any atom is 0.272 e. The molecule has 0 radical (unpaired) electrons. The lowest BCUT2D eigenvalue weighted by Crippen LogP contribution is -2.45. The molecule has 1 amide bonds. The number of unbranched alkanes of at least 4 members (excludes halogenated alkanes) is 1. The first kappa shape index (κ1) is 23.2. The fraction of sp³-hybridized carbons (Fsp3) is 0.765. The number of carbonyl (C=O) groups excluding carboxylic acids is 1. The number of hydrogen-bond donors (Lipinski definition) is 3. The fourth-order valence-electron chi connectivity index (χ4n) is 3.63. The van der Waals surface area contributed by atoms with Crippen molar-refractivity contribution >= 4 is 30.7 Å². The summed E-state index contributed by atoms with van der Waals surface area (Å²) in [5.41, 5.74) is 2.66. The van der Waals surface area contributed by atoms with E-state index in [1.165, 1.54) is 0 Å². The average Bonchev–Trinajstić information content (AvgIpc) is 2.97. The first-order valence-corrected chi connectivity index (χ1v) is 9.06. The molecule has 2 atom stereocenters. The summed E-state index contributed by atoms with van der Waals surface area (Å²) in [6.07, 6.45) is 3.60. The van der Waals surface area contributed by atoms with E-state index >= 15 is 0 Å². The van der Waals surface area contributed by atoms with Crippen LogP contribution in [0.25, 0.3) is 0 Å². The Balaban J connectivity index is 0.00000169. The number of aromatic amines is 1. The molecule has 26 heavy (non-hydrogen) atoms. The molecule has 0 bridgehead atoms. The van der Waals surface area contributed by atoms with Crippen LogP contribution < -0.4 is 10.6 Å². The van der Waals surface area contributed by atoms with E-state index in [4.69, 9.17) is 4.74 Å². The summed E-state index contributed by atoms with van der Waals surface area (Å²) in [6.45, 7) is 9.69. The van der Waals surface area contributed by atoms with Crippen LogP contribution in [0.5, 0.6) is 0 Å². The summed E-state index contributed by atoms with van der Waals surface area (Å²) in [4.78, 5) is 14.7. The highest BCUT2D eigenvalue weighted by Gasteiger charge is 2.22. The first-order chi connectivity index (χ1) is 11.6. The van der Waals surface area contributed by atoms with Gasteiger partial charge in [0, 0.05) is 50.4 Å². The Hall–Kier alpha value is -0.860. The minimum absolute atomic E-state index is 0. The van der Waals surface area contributed by atoms with E-state index in [9.17, 15) is 4.79 Å². The second kappa shape index (κ2) is 11.1. The normalized spacial score (nSPS) is 22.7. The third-order valence-electron chi connectivity index (χ3n) is 4.70. The van der Waals surface area contributed by atoms with E-state index in [2.05, 4.69) is 39.6 Å². The van der Waals surface area contributed by atoms with Gasteiger partial charge in [0.05, 0.1) is 12.2 Å². The van der Waals surface area contributed by atoms with Gasteiger partial charge in [0.1, 0.15) is 0 Å². The van der Waals surface area contributed by atoms with Gasteiger partial charge in [-0.3, -0.25) is 14.8 Å². The number of H-pyrrole nitrogens is 1. The SMILES string of the molecule is CC1CN(CCCCNC(=O)c2n[nH]c3c2CNCC3)CC(C)O1.Cl.Cl. The predicted octanol–water partition coefficient (Wildman–Crippen LogP) is 1.52. The van der Waals surface area contributed by atoms with Gasteiger partial charge in [0.2, 0.25) is 0 Å². The van der Waals surface area contributed by atoms with Gasteiger partial charge in [0.15, 0.2) is 5.69 Å². The third kappa shape index (κ3) is 6.09. The molecule has 0 spiro atoms. The molecule has 0 aliphatic carbocycles. The molecule has 150 valence electrons. The van der Waals surface area contributed by atoms with Crippen molar-refractivity contribution in [1.82, 2.24) is 25.7 Å². The Kier molecular flexibility index (Phi) is 9.89. The van der Waals surface area contributed by atoms with E-state index in [0.717, 1.165) is 63.2 Å². The second-order valence-corrected chi connectivity index (χ2v) is 6.94. The van der Waals surface area contributed by atoms with Crippen molar-refractivity contribution in [3.8, 4) is 0 Å². The van der Waals surface area contributed by atoms with E-state index in [1.807, 2.05) is 0 Å². The second-order valence-electron chi connectivity index (χ2n) is 6.94. The molecule has 2 aliphatic heterocycles. The molecule has 1 aromatic rings. The van der Waals surface area contributed by atoms with Gasteiger partial charge in [-0.25, -0.2) is 0 Å². The molecule has 3 heterocycles. The van der Waals surface area contributed by atoms with Crippen molar-refractivity contribution in [2.75, 3.05) is 32.7 Å². The van der Waals surface area contributed by atoms with Gasteiger partial charge in [-0.2, -0.15) is 5.10 Å². The number of amides is 1. The number of carbonyl (C=O) groups is 1. The minimum atomic E-state index is -0.0650. The molecule has 1 fully saturated rings. The lowest BCUT2D eigenvalue weighted by atomic mass is 10.1. The minimum Gasteiger partial charge on any atom is -0.373 e. The maximum atomic E-state index is 12.3. The topological polar surface area (TPSA) is 82.3 Å². The standard InChI is InChI=1S/C17H29N5O2.2ClH/c1-12-10-22(11-13(2)24-12)8-4-3-6-19-17(23)16-14-9-18-7-5-15(14)20-21-16;;/h12-13,18H,3-11H2,1-2H3,(H,19,23)(H,20,21);2*1H. The van der Waals surface area contributed by atoms with Crippen molar-refractivity contribution in [2.24, 2.45) is 0 Å². The highest BCUT2D eigenvalue weighted by Crippen LogP contribution is 2.15. The van der Waals surface area contributed by atoms with E-state index in [1.54, 1.807) is 0 Å². The van der Waals surface area contributed by atoms with Crippen LogP contribution in [0.4, 0.5) is 0 Å². The van der Waals surface area contributed by atoms with Crippen molar-refractivity contribution in [3.05, 3.63) is 17.0 Å². The highest BCUT2D eigenvalue weighted by molar-refractivity contribution is 5.94. The summed E-state index contributed by atoms with van der Waals surface area (Å²) in [5, 5.41) is 13.5. The monoisotopic (exact) mass is 407 g/mol. The molecule has 2 unspecified atom stereocenters. The average molecular weight is 408 g/mol. The molecule has 1 aromatic heterocycles. The number of nitrogens with zero attached hydrogens (tertiary/aromatic N) is 2. The molecule has 0 aromatic carbocycles. The number of morpholine rings is 1. The van der Waals surface area contributed by atoms with Crippen LogP contribution in [0.3, 0.4) is 0 Å².